The summed E-state index contributed by atoms with van der Waals surface area (Å²) < 4.78 is 0. The van der Waals surface area contributed by atoms with E-state index in [2.05, 4.69) is 6.92 Å². The van der Waals surface area contributed by atoms with Crippen molar-refractivity contribution in [3.8, 4) is 0 Å². The van der Waals surface area contributed by atoms with Crippen molar-refractivity contribution < 1.29 is 49.4 Å². The standard InChI is InChI=1S/C10H20O2.C6H13NO2.Na/c1-2-3-4-5-6-7-8-9-10(11)12;1-4(2)3-5(7)6(8)9;/h2-9H2,1H3,(H,11,12);4-5H,3,7H2,1-2H3,(H,8,9);/q;;+1/p-1. The van der Waals surface area contributed by atoms with Gasteiger partial charge in [-0.05, 0) is 25.2 Å². The van der Waals surface area contributed by atoms with Gasteiger partial charge < -0.3 is 20.7 Å². The van der Waals surface area contributed by atoms with E-state index in [9.17, 15) is 14.7 Å². The average Bonchev–Trinajstić information content (AvgIpc) is 2.37. The number of hydrogen-bond acceptors (Lipinski definition) is 4. The molecule has 6 heteroatoms. The number of rotatable bonds is 11. The van der Waals surface area contributed by atoms with Gasteiger partial charge in [-0.3, -0.25) is 4.79 Å². The van der Waals surface area contributed by atoms with Crippen LogP contribution < -0.4 is 40.4 Å². The minimum Gasteiger partial charge on any atom is -0.550 e. The van der Waals surface area contributed by atoms with Crippen molar-refractivity contribution in [1.29, 1.82) is 0 Å². The van der Waals surface area contributed by atoms with Crippen molar-refractivity contribution in [3.05, 3.63) is 0 Å². The summed E-state index contributed by atoms with van der Waals surface area (Å²) in [6.07, 6.45) is 8.89. The van der Waals surface area contributed by atoms with E-state index in [4.69, 9.17) is 10.8 Å². The zero-order valence-corrected chi connectivity index (χ0v) is 16.8. The van der Waals surface area contributed by atoms with E-state index < -0.39 is 18.0 Å². The van der Waals surface area contributed by atoms with Crippen LogP contribution in [0.3, 0.4) is 0 Å². The van der Waals surface area contributed by atoms with Gasteiger partial charge in [-0.15, -0.1) is 0 Å². The van der Waals surface area contributed by atoms with Crippen molar-refractivity contribution in [1.82, 2.24) is 0 Å². The number of unbranched alkanes of at least 4 members (excludes halogenated alkanes) is 6. The number of nitrogens with two attached hydrogens (primary N) is 1. The first-order valence-electron chi connectivity index (χ1n) is 7.99. The third kappa shape index (κ3) is 24.9. The average molecular weight is 325 g/mol. The number of aliphatic carboxylic acids is 2. The number of hydrogen-bond donors (Lipinski definition) is 2. The maximum atomic E-state index is 10.1. The van der Waals surface area contributed by atoms with Crippen LogP contribution in [-0.4, -0.2) is 23.1 Å². The fourth-order valence-electron chi connectivity index (χ4n) is 1.84. The summed E-state index contributed by atoms with van der Waals surface area (Å²) in [4.78, 5) is 20.1. The molecule has 0 fully saturated rings. The Morgan fingerprint density at radius 3 is 1.82 bits per heavy atom. The minimum atomic E-state index is -0.913. The van der Waals surface area contributed by atoms with Gasteiger partial charge in [-0.1, -0.05) is 59.3 Å². The largest absolute Gasteiger partial charge is 1.00 e. The Morgan fingerprint density at radius 2 is 1.50 bits per heavy atom. The zero-order valence-electron chi connectivity index (χ0n) is 14.8. The quantitative estimate of drug-likeness (QED) is 0.387. The van der Waals surface area contributed by atoms with Crippen LogP contribution in [0.2, 0.25) is 0 Å². The molecule has 1 atom stereocenters. The molecule has 1 unspecified atom stereocenters. The SMILES string of the molecule is CC(C)CC(N)C(=O)O.CCCCCCCCCC(=O)[O-].[Na+]. The van der Waals surface area contributed by atoms with Crippen LogP contribution in [0.4, 0.5) is 0 Å². The molecule has 0 rings (SSSR count). The van der Waals surface area contributed by atoms with Crippen molar-refractivity contribution in [2.45, 2.75) is 84.6 Å². The molecule has 0 aromatic rings. The van der Waals surface area contributed by atoms with Gasteiger partial charge in [0.1, 0.15) is 6.04 Å². The van der Waals surface area contributed by atoms with E-state index in [1.807, 2.05) is 13.8 Å². The molecule has 0 amide bonds. The molecule has 0 aliphatic rings. The predicted octanol–water partition coefficient (Wildman–Crippen LogP) is -0.675. The first-order valence-corrected chi connectivity index (χ1v) is 7.99. The van der Waals surface area contributed by atoms with Gasteiger partial charge in [0.25, 0.3) is 0 Å². The molecule has 0 spiro atoms. The monoisotopic (exact) mass is 325 g/mol. The summed E-state index contributed by atoms with van der Waals surface area (Å²) in [6, 6.07) is -0.690. The van der Waals surface area contributed by atoms with Crippen LogP contribution >= 0.6 is 0 Å². The van der Waals surface area contributed by atoms with Gasteiger partial charge in [0.05, 0.1) is 0 Å². The Morgan fingerprint density at radius 1 is 1.05 bits per heavy atom. The minimum absolute atomic E-state index is 0. The molecule has 0 aromatic heterocycles. The summed E-state index contributed by atoms with van der Waals surface area (Å²) in [7, 11) is 0. The smallest absolute Gasteiger partial charge is 0.550 e. The van der Waals surface area contributed by atoms with Crippen molar-refractivity contribution in [3.63, 3.8) is 0 Å². The van der Waals surface area contributed by atoms with E-state index in [1.165, 1.54) is 32.1 Å². The summed E-state index contributed by atoms with van der Waals surface area (Å²) >= 11 is 0. The molecule has 0 heterocycles. The molecule has 0 aliphatic carbocycles. The molecular weight excluding hydrogens is 293 g/mol. The fourth-order valence-corrected chi connectivity index (χ4v) is 1.84. The van der Waals surface area contributed by atoms with Crippen LogP contribution in [-0.2, 0) is 9.59 Å². The number of carboxylic acid groups (broad SMARTS) is 2. The molecule has 0 radical (unpaired) electrons. The van der Waals surface area contributed by atoms with Crippen molar-refractivity contribution >= 4 is 11.9 Å². The molecule has 0 bridgehead atoms. The summed E-state index contributed by atoms with van der Waals surface area (Å²) in [5.74, 6) is -1.47. The summed E-state index contributed by atoms with van der Waals surface area (Å²) in [5, 5.41) is 18.3. The Labute approximate surface area is 157 Å². The fraction of sp³-hybridized carbons (Fsp3) is 0.875. The second-order valence-corrected chi connectivity index (χ2v) is 5.82. The normalized spacial score (nSPS) is 11.1. The van der Waals surface area contributed by atoms with Gasteiger partial charge in [0.2, 0.25) is 0 Å². The Kier molecular flexibility index (Phi) is 23.1. The van der Waals surface area contributed by atoms with Crippen LogP contribution in [0.1, 0.15) is 78.6 Å². The van der Waals surface area contributed by atoms with Crippen LogP contribution in [0.5, 0.6) is 0 Å². The van der Waals surface area contributed by atoms with E-state index in [0.29, 0.717) is 12.3 Å². The summed E-state index contributed by atoms with van der Waals surface area (Å²) in [5.41, 5.74) is 5.22. The van der Waals surface area contributed by atoms with E-state index >= 15 is 0 Å². The molecule has 0 aromatic carbocycles. The second kappa shape index (κ2) is 18.9. The Hall–Kier alpha value is -0.100. The first kappa shape index (κ1) is 26.8. The second-order valence-electron chi connectivity index (χ2n) is 5.82. The van der Waals surface area contributed by atoms with Crippen LogP contribution in [0, 0.1) is 5.92 Å². The van der Waals surface area contributed by atoms with Crippen LogP contribution in [0.15, 0.2) is 0 Å². The van der Waals surface area contributed by atoms with E-state index in [-0.39, 0.29) is 36.0 Å². The maximum absolute atomic E-state index is 10.1. The van der Waals surface area contributed by atoms with Gasteiger partial charge >= 0.3 is 35.5 Å². The third-order valence-electron chi connectivity index (χ3n) is 3.03. The third-order valence-corrected chi connectivity index (χ3v) is 3.03. The maximum Gasteiger partial charge on any atom is 1.00 e. The molecule has 0 saturated carbocycles. The van der Waals surface area contributed by atoms with E-state index in [1.54, 1.807) is 0 Å². The van der Waals surface area contributed by atoms with Gasteiger partial charge in [0.15, 0.2) is 0 Å². The van der Waals surface area contributed by atoms with Gasteiger partial charge in [0, 0.05) is 5.97 Å². The molecule has 22 heavy (non-hydrogen) atoms. The molecule has 3 N–H and O–H groups in total. The first-order chi connectivity index (χ1) is 9.81. The van der Waals surface area contributed by atoms with Crippen LogP contribution in [0.25, 0.3) is 0 Å². The molecule has 0 saturated heterocycles. The Balaban J connectivity index is -0.000000326. The Bertz CT molecular complexity index is 273. The van der Waals surface area contributed by atoms with Gasteiger partial charge in [-0.25, -0.2) is 0 Å². The van der Waals surface area contributed by atoms with E-state index in [0.717, 1.165) is 12.8 Å². The predicted molar refractivity (Wildman–Crippen MR) is 82.7 cm³/mol. The van der Waals surface area contributed by atoms with Crippen molar-refractivity contribution in [2.75, 3.05) is 0 Å². The van der Waals surface area contributed by atoms with Crippen molar-refractivity contribution in [2.24, 2.45) is 11.7 Å². The zero-order chi connectivity index (χ0) is 16.7. The number of carbonyl (C=O) groups is 2. The number of carbonyl (C=O) groups excluding carboxylic acids is 1. The summed E-state index contributed by atoms with van der Waals surface area (Å²) in [6.45, 7) is 6.09. The van der Waals surface area contributed by atoms with Gasteiger partial charge in [-0.2, -0.15) is 0 Å². The number of carboxylic acids is 2. The molecular formula is C16H32NNaO4. The topological polar surface area (TPSA) is 103 Å². The molecule has 126 valence electrons. The molecule has 5 nitrogen and oxygen atoms in total. The molecule has 0 aliphatic heterocycles.